The second-order valence-corrected chi connectivity index (χ2v) is 7.33. The summed E-state index contributed by atoms with van der Waals surface area (Å²) in [4.78, 5) is 0. The highest BCUT2D eigenvalue weighted by atomic mass is 29.1. The maximum absolute atomic E-state index is 1.61. The molecule has 8 heavy (non-hydrogen) atoms. The van der Waals surface area contributed by atoms with Crippen LogP contribution >= 0.6 is 0 Å². The van der Waals surface area contributed by atoms with E-state index in [9.17, 15) is 0 Å². The zero-order chi connectivity index (χ0) is 5.82. The summed E-state index contributed by atoms with van der Waals surface area (Å²) < 4.78 is 0. The minimum atomic E-state index is 0.507. The first-order chi connectivity index (χ1) is 3.93. The van der Waals surface area contributed by atoms with E-state index in [1.54, 1.807) is 35.4 Å². The Morgan fingerprint density at radius 2 is 1.75 bits per heavy atom. The topological polar surface area (TPSA) is 0 Å². The molecule has 48 valence electrons. The normalized spacial score (nSPS) is 25.5. The third kappa shape index (κ3) is 1.74. The molecule has 0 heterocycles. The van der Waals surface area contributed by atoms with E-state index in [1.165, 1.54) is 12.0 Å². The van der Waals surface area contributed by atoms with Gasteiger partial charge < -0.3 is 0 Å². The van der Waals surface area contributed by atoms with Gasteiger partial charge in [0.25, 0.3) is 0 Å². The zero-order valence-corrected chi connectivity index (χ0v) is 9.23. The second kappa shape index (κ2) is 3.46. The lowest BCUT2D eigenvalue weighted by atomic mass is 10.0. The zero-order valence-electron chi connectivity index (χ0n) is 5.82. The van der Waals surface area contributed by atoms with Gasteiger partial charge in [-0.05, 0) is 9.76 Å². The lowest BCUT2D eigenvalue weighted by Crippen LogP contribution is -2.07. The van der Waals surface area contributed by atoms with Gasteiger partial charge in [-0.2, -0.15) is 0 Å². The van der Waals surface area contributed by atoms with Crippen LogP contribution in [0, 0.1) is 0 Å². The van der Waals surface area contributed by atoms with Crippen LogP contribution in [0.5, 0.6) is 0 Å². The van der Waals surface area contributed by atoms with Crippen LogP contribution in [0.15, 0.2) is 0 Å². The Labute approximate surface area is 57.1 Å². The van der Waals surface area contributed by atoms with Gasteiger partial charge >= 0.3 is 0 Å². The van der Waals surface area contributed by atoms with Crippen LogP contribution in [0.25, 0.3) is 0 Å². The fraction of sp³-hybridized carbons (Fsp3) is 1.00. The van der Waals surface area contributed by atoms with Gasteiger partial charge in [-0.15, -0.1) is 0 Å². The van der Waals surface area contributed by atoms with Crippen LogP contribution in [0.1, 0.15) is 32.1 Å². The van der Waals surface area contributed by atoms with E-state index < -0.39 is 0 Å². The first-order valence-electron chi connectivity index (χ1n) is 3.93. The van der Waals surface area contributed by atoms with E-state index >= 15 is 0 Å². The molecule has 0 saturated heterocycles. The molecule has 1 aliphatic carbocycles. The Morgan fingerprint density at radius 3 is 2.12 bits per heavy atom. The number of rotatable bonds is 1. The van der Waals surface area contributed by atoms with Crippen molar-refractivity contribution in [3.8, 4) is 0 Å². The predicted octanol–water partition coefficient (Wildman–Crippen LogP) is 0.188. The van der Waals surface area contributed by atoms with Crippen molar-refractivity contribution >= 4 is 18.8 Å². The molecule has 0 N–H and O–H groups in total. The average Bonchev–Trinajstić information content (AvgIpc) is 1.90. The Bertz CT molecular complexity index is 57.5. The highest BCUT2D eigenvalue weighted by Crippen LogP contribution is 2.26. The molecule has 0 amide bonds. The van der Waals surface area contributed by atoms with E-state index in [-0.39, 0.29) is 0 Å². The maximum Gasteiger partial charge on any atom is 0.00794 e. The first-order valence-corrected chi connectivity index (χ1v) is 10.4. The van der Waals surface area contributed by atoms with Crippen LogP contribution in [0.3, 0.4) is 0 Å². The van der Waals surface area contributed by atoms with Crippen LogP contribution in [-0.2, 0) is 0 Å². The molecular weight excluding hydrogens is 128 g/mol. The van der Waals surface area contributed by atoms with Crippen molar-refractivity contribution in [3.05, 3.63) is 0 Å². The summed E-state index contributed by atoms with van der Waals surface area (Å²) in [5, 5.41) is 0. The Balaban J connectivity index is 2.13. The van der Waals surface area contributed by atoms with Gasteiger partial charge in [0.05, 0.1) is 0 Å². The van der Waals surface area contributed by atoms with Crippen molar-refractivity contribution in [2.24, 2.45) is 0 Å². The molecule has 0 unspecified atom stereocenters. The molecule has 0 atom stereocenters. The number of hydrogen-bond donors (Lipinski definition) is 0. The Kier molecular flexibility index (Phi) is 2.83. The summed E-state index contributed by atoms with van der Waals surface area (Å²) in [7, 11) is 2.08. The SMILES string of the molecule is [SiH3][SiH2]C1CCCCC1. The molecule has 2 heteroatoms. The third-order valence-corrected chi connectivity index (χ3v) is 7.74. The van der Waals surface area contributed by atoms with Gasteiger partial charge in [0, 0.05) is 9.04 Å². The van der Waals surface area contributed by atoms with Gasteiger partial charge in [-0.3, -0.25) is 0 Å². The summed E-state index contributed by atoms with van der Waals surface area (Å²) in [5.41, 5.74) is 1.29. The standard InChI is InChI=1S/C6H16Si2/c7-8-6-4-2-1-3-5-6/h6H,1-5,8H2,7H3. The predicted molar refractivity (Wildman–Crippen MR) is 45.3 cm³/mol. The summed E-state index contributed by atoms with van der Waals surface area (Å²) in [5.74, 6) is 0. The molecule has 0 aliphatic heterocycles. The molecular formula is C6H16Si2. The van der Waals surface area contributed by atoms with E-state index in [0.717, 1.165) is 0 Å². The van der Waals surface area contributed by atoms with Gasteiger partial charge in [-0.1, -0.05) is 37.6 Å². The molecule has 0 aromatic rings. The first kappa shape index (κ1) is 6.55. The fourth-order valence-electron chi connectivity index (χ4n) is 1.60. The lowest BCUT2D eigenvalue weighted by Gasteiger charge is -2.18. The summed E-state index contributed by atoms with van der Waals surface area (Å²) >= 11 is 0. The molecule has 1 fully saturated rings. The van der Waals surface area contributed by atoms with Gasteiger partial charge in [0.2, 0.25) is 0 Å². The minimum Gasteiger partial charge on any atom is -0.0542 e. The molecule has 0 bridgehead atoms. The minimum absolute atomic E-state index is 0.507. The lowest BCUT2D eigenvalue weighted by molar-refractivity contribution is 0.503. The fourth-order valence-corrected chi connectivity index (χ4v) is 5.44. The molecule has 1 saturated carbocycles. The molecule has 0 aromatic carbocycles. The van der Waals surface area contributed by atoms with Crippen molar-refractivity contribution in [3.63, 3.8) is 0 Å². The highest BCUT2D eigenvalue weighted by molar-refractivity contribution is 6.90. The monoisotopic (exact) mass is 144 g/mol. The van der Waals surface area contributed by atoms with Crippen LogP contribution < -0.4 is 0 Å². The van der Waals surface area contributed by atoms with Gasteiger partial charge in [-0.25, -0.2) is 0 Å². The Morgan fingerprint density at radius 1 is 1.12 bits per heavy atom. The molecule has 0 spiro atoms. The summed E-state index contributed by atoms with van der Waals surface area (Å²) in [6, 6.07) is 0. The van der Waals surface area contributed by atoms with E-state index in [2.05, 4.69) is 0 Å². The van der Waals surface area contributed by atoms with Crippen molar-refractivity contribution in [2.75, 3.05) is 0 Å². The molecule has 0 aromatic heterocycles. The maximum atomic E-state index is 1.61. The van der Waals surface area contributed by atoms with Crippen molar-refractivity contribution < 1.29 is 0 Å². The largest absolute Gasteiger partial charge is 0.0542 e. The second-order valence-electron chi connectivity index (χ2n) is 2.91. The highest BCUT2D eigenvalue weighted by Gasteiger charge is 2.09. The third-order valence-electron chi connectivity index (χ3n) is 2.30. The Hall–Kier alpha value is 0.434. The molecule has 1 aliphatic rings. The molecule has 0 nitrogen and oxygen atoms in total. The quantitative estimate of drug-likeness (QED) is 0.461. The van der Waals surface area contributed by atoms with Crippen molar-refractivity contribution in [1.82, 2.24) is 0 Å². The smallest absolute Gasteiger partial charge is 0.00794 e. The van der Waals surface area contributed by atoms with E-state index in [0.29, 0.717) is 9.04 Å². The van der Waals surface area contributed by atoms with Gasteiger partial charge in [0.15, 0.2) is 0 Å². The number of hydrogen-bond acceptors (Lipinski definition) is 0. The van der Waals surface area contributed by atoms with E-state index in [1.807, 2.05) is 0 Å². The van der Waals surface area contributed by atoms with E-state index in [4.69, 9.17) is 0 Å². The van der Waals surface area contributed by atoms with Crippen LogP contribution in [0.2, 0.25) is 5.54 Å². The molecule has 0 radical (unpaired) electrons. The van der Waals surface area contributed by atoms with Crippen LogP contribution in [0.4, 0.5) is 0 Å². The van der Waals surface area contributed by atoms with Crippen LogP contribution in [-0.4, -0.2) is 18.8 Å². The molecule has 1 rings (SSSR count). The van der Waals surface area contributed by atoms with Gasteiger partial charge in [0.1, 0.15) is 0 Å². The van der Waals surface area contributed by atoms with Crippen molar-refractivity contribution in [1.29, 1.82) is 0 Å². The summed E-state index contributed by atoms with van der Waals surface area (Å²) in [6.45, 7) is 0. The summed E-state index contributed by atoms with van der Waals surface area (Å²) in [6.07, 6.45) is 7.86. The van der Waals surface area contributed by atoms with Crippen molar-refractivity contribution in [2.45, 2.75) is 37.6 Å². The average molecular weight is 144 g/mol.